The first-order valence-corrected chi connectivity index (χ1v) is 4.13. The van der Waals surface area contributed by atoms with Crippen molar-refractivity contribution >= 4 is 21.6 Å². The lowest BCUT2D eigenvalue weighted by Gasteiger charge is -2.09. The number of hydrogen-bond acceptors (Lipinski definition) is 3. The number of pyridine rings is 1. The average molecular weight is 253 g/mol. The van der Waals surface area contributed by atoms with Crippen LogP contribution in [0.25, 0.3) is 0 Å². The molecule has 0 fully saturated rings. The van der Waals surface area contributed by atoms with E-state index in [-0.39, 0.29) is 17.1 Å². The lowest BCUT2D eigenvalue weighted by molar-refractivity contribution is 0.147. The number of anilines is 1. The van der Waals surface area contributed by atoms with Crippen molar-refractivity contribution in [1.82, 2.24) is 4.98 Å². The summed E-state index contributed by atoms with van der Waals surface area (Å²) < 4.78 is 29.9. The van der Waals surface area contributed by atoms with E-state index in [1.807, 2.05) is 0 Å². The predicted octanol–water partition coefficient (Wildman–Crippen LogP) is 2.37. The van der Waals surface area contributed by atoms with Crippen LogP contribution in [0.5, 0.6) is 5.88 Å². The molecule has 0 aliphatic heterocycles. The van der Waals surface area contributed by atoms with Gasteiger partial charge < -0.3 is 10.5 Å². The highest BCUT2D eigenvalue weighted by Gasteiger charge is 2.20. The summed E-state index contributed by atoms with van der Waals surface area (Å²) in [5.41, 5.74) is 5.00. The van der Waals surface area contributed by atoms with Crippen LogP contribution in [0.4, 0.5) is 14.5 Å². The van der Waals surface area contributed by atoms with Gasteiger partial charge in [-0.15, -0.1) is 0 Å². The largest absolute Gasteiger partial charge is 0.481 e. The molecule has 0 bridgehead atoms. The molecule has 0 saturated heterocycles. The molecule has 0 atom stereocenters. The van der Waals surface area contributed by atoms with Crippen molar-refractivity contribution in [3.63, 3.8) is 0 Å². The van der Waals surface area contributed by atoms with Gasteiger partial charge in [-0.25, -0.2) is 13.8 Å². The molecule has 0 amide bonds. The van der Waals surface area contributed by atoms with Crippen molar-refractivity contribution in [3.05, 3.63) is 16.2 Å². The molecule has 72 valence electrons. The smallest absolute Gasteiger partial charge is 0.271 e. The number of hydrogen-bond donors (Lipinski definition) is 1. The first-order chi connectivity index (χ1) is 6.07. The number of ether oxygens (including phenoxy) is 1. The van der Waals surface area contributed by atoms with Crippen LogP contribution in [0.15, 0.2) is 10.7 Å². The highest BCUT2D eigenvalue weighted by Crippen LogP contribution is 2.36. The summed E-state index contributed by atoms with van der Waals surface area (Å²) in [5, 5.41) is 0. The van der Waals surface area contributed by atoms with E-state index in [0.717, 1.165) is 0 Å². The Kier molecular flexibility index (Phi) is 3.02. The third kappa shape index (κ3) is 1.88. The number of aromatic nitrogens is 1. The van der Waals surface area contributed by atoms with Gasteiger partial charge in [-0.05, 0) is 15.9 Å². The van der Waals surface area contributed by atoms with Gasteiger partial charge in [-0.3, -0.25) is 0 Å². The Hall–Kier alpha value is -0.910. The summed E-state index contributed by atoms with van der Waals surface area (Å²) in [6.07, 6.45) is -1.38. The molecule has 1 rings (SSSR count). The van der Waals surface area contributed by atoms with E-state index >= 15 is 0 Å². The zero-order valence-electron chi connectivity index (χ0n) is 6.72. The Labute approximate surface area is 82.0 Å². The number of nitrogen functional groups attached to an aromatic ring is 1. The van der Waals surface area contributed by atoms with E-state index in [1.165, 1.54) is 13.3 Å². The Morgan fingerprint density at radius 2 is 2.23 bits per heavy atom. The summed E-state index contributed by atoms with van der Waals surface area (Å²) in [4.78, 5) is 3.65. The lowest BCUT2D eigenvalue weighted by atomic mass is 10.2. The normalized spacial score (nSPS) is 10.5. The van der Waals surface area contributed by atoms with Crippen LogP contribution >= 0.6 is 15.9 Å². The van der Waals surface area contributed by atoms with Gasteiger partial charge >= 0.3 is 0 Å². The summed E-state index contributed by atoms with van der Waals surface area (Å²) in [7, 11) is 1.27. The maximum atomic E-state index is 12.4. The van der Waals surface area contributed by atoms with E-state index in [9.17, 15) is 8.78 Å². The molecule has 1 heterocycles. The molecule has 0 spiro atoms. The predicted molar refractivity (Wildman–Crippen MR) is 47.9 cm³/mol. The SMILES string of the molecule is COc1ncc(Br)c(N)c1C(F)F. The Morgan fingerprint density at radius 1 is 1.62 bits per heavy atom. The van der Waals surface area contributed by atoms with Crippen LogP contribution in [0.3, 0.4) is 0 Å². The molecule has 0 unspecified atom stereocenters. The van der Waals surface area contributed by atoms with Gasteiger partial charge in [0.05, 0.1) is 17.3 Å². The van der Waals surface area contributed by atoms with Crippen LogP contribution in [-0.4, -0.2) is 12.1 Å². The molecule has 1 aromatic rings. The first-order valence-electron chi connectivity index (χ1n) is 3.34. The van der Waals surface area contributed by atoms with Gasteiger partial charge in [0, 0.05) is 6.20 Å². The van der Waals surface area contributed by atoms with Crippen LogP contribution in [0.2, 0.25) is 0 Å². The Balaban J connectivity index is 3.32. The fraction of sp³-hybridized carbons (Fsp3) is 0.286. The van der Waals surface area contributed by atoms with Gasteiger partial charge in [0.25, 0.3) is 6.43 Å². The fourth-order valence-corrected chi connectivity index (χ4v) is 1.19. The number of halogens is 3. The minimum absolute atomic E-state index is 0.0400. The number of nitrogens with zero attached hydrogens (tertiary/aromatic N) is 1. The topological polar surface area (TPSA) is 48.1 Å². The van der Waals surface area contributed by atoms with Crippen LogP contribution in [-0.2, 0) is 0 Å². The first kappa shape index (κ1) is 10.2. The maximum Gasteiger partial charge on any atom is 0.271 e. The summed E-state index contributed by atoms with van der Waals surface area (Å²) in [6, 6.07) is 0. The average Bonchev–Trinajstić information content (AvgIpc) is 2.08. The highest BCUT2D eigenvalue weighted by atomic mass is 79.9. The van der Waals surface area contributed by atoms with Gasteiger partial charge in [-0.2, -0.15) is 0 Å². The van der Waals surface area contributed by atoms with Gasteiger partial charge in [0.2, 0.25) is 5.88 Å². The van der Waals surface area contributed by atoms with Gasteiger partial charge in [-0.1, -0.05) is 0 Å². The number of alkyl halides is 2. The highest BCUT2D eigenvalue weighted by molar-refractivity contribution is 9.10. The third-order valence-corrected chi connectivity index (χ3v) is 2.12. The second-order valence-electron chi connectivity index (χ2n) is 2.24. The molecule has 6 heteroatoms. The van der Waals surface area contributed by atoms with Crippen molar-refractivity contribution < 1.29 is 13.5 Å². The van der Waals surface area contributed by atoms with Crippen molar-refractivity contribution in [2.24, 2.45) is 0 Å². The van der Waals surface area contributed by atoms with Crippen molar-refractivity contribution in [1.29, 1.82) is 0 Å². The lowest BCUT2D eigenvalue weighted by Crippen LogP contribution is -2.01. The quantitative estimate of drug-likeness (QED) is 0.880. The Morgan fingerprint density at radius 3 is 2.69 bits per heavy atom. The minimum atomic E-state index is -2.69. The van der Waals surface area contributed by atoms with Crippen LogP contribution in [0, 0.1) is 0 Å². The molecule has 0 saturated carbocycles. The molecule has 3 nitrogen and oxygen atoms in total. The van der Waals surface area contributed by atoms with E-state index in [1.54, 1.807) is 0 Å². The summed E-state index contributed by atoms with van der Waals surface area (Å²) >= 11 is 3.00. The van der Waals surface area contributed by atoms with E-state index < -0.39 is 6.43 Å². The maximum absolute atomic E-state index is 12.4. The number of nitrogens with two attached hydrogens (primary N) is 1. The van der Waals surface area contributed by atoms with Crippen LogP contribution < -0.4 is 10.5 Å². The second kappa shape index (κ2) is 3.87. The molecule has 13 heavy (non-hydrogen) atoms. The molecule has 0 aromatic carbocycles. The minimum Gasteiger partial charge on any atom is -0.481 e. The monoisotopic (exact) mass is 252 g/mol. The molecule has 1 aromatic heterocycles. The van der Waals surface area contributed by atoms with E-state index in [4.69, 9.17) is 5.73 Å². The van der Waals surface area contributed by atoms with Gasteiger partial charge in [0.1, 0.15) is 5.56 Å². The third-order valence-electron chi connectivity index (χ3n) is 1.48. The summed E-state index contributed by atoms with van der Waals surface area (Å²) in [6.45, 7) is 0. The molecular weight excluding hydrogens is 246 g/mol. The molecule has 0 radical (unpaired) electrons. The van der Waals surface area contributed by atoms with Crippen molar-refractivity contribution in [3.8, 4) is 5.88 Å². The van der Waals surface area contributed by atoms with E-state index in [2.05, 4.69) is 25.7 Å². The fourth-order valence-electron chi connectivity index (χ4n) is 0.872. The molecule has 0 aliphatic rings. The zero-order valence-corrected chi connectivity index (χ0v) is 8.31. The molecule has 0 aliphatic carbocycles. The standard InChI is InChI=1S/C7H7BrF2N2O/c1-13-7-4(6(9)10)5(11)3(8)2-12-7/h2,6H,1H3,(H2,11,12). The second-order valence-corrected chi connectivity index (χ2v) is 3.10. The van der Waals surface area contributed by atoms with E-state index in [0.29, 0.717) is 4.47 Å². The van der Waals surface area contributed by atoms with Crippen LogP contribution in [0.1, 0.15) is 12.0 Å². The zero-order chi connectivity index (χ0) is 10.0. The van der Waals surface area contributed by atoms with Crippen molar-refractivity contribution in [2.75, 3.05) is 12.8 Å². The number of methoxy groups -OCH3 is 1. The Bertz CT molecular complexity index is 320. The number of rotatable bonds is 2. The molecular formula is C7H7BrF2N2O. The van der Waals surface area contributed by atoms with Crippen molar-refractivity contribution in [2.45, 2.75) is 6.43 Å². The summed E-state index contributed by atoms with van der Waals surface area (Å²) in [5.74, 6) is -0.143. The van der Waals surface area contributed by atoms with Gasteiger partial charge in [0.15, 0.2) is 0 Å². The molecule has 2 N–H and O–H groups in total.